The molecule has 0 saturated carbocycles. The van der Waals surface area contributed by atoms with Crippen LogP contribution >= 0.6 is 0 Å². The molecule has 0 bridgehead atoms. The number of nitrogens with zero attached hydrogens (tertiary/aromatic N) is 2. The van der Waals surface area contributed by atoms with E-state index >= 15 is 0 Å². The van der Waals surface area contributed by atoms with E-state index in [1.165, 1.54) is 10.4 Å². The number of carbonyl (C=O) groups is 1. The van der Waals surface area contributed by atoms with E-state index in [2.05, 4.69) is 0 Å². The molecule has 1 fully saturated rings. The lowest BCUT2D eigenvalue weighted by Gasteiger charge is -2.34. The Morgan fingerprint density at radius 1 is 1.27 bits per heavy atom. The summed E-state index contributed by atoms with van der Waals surface area (Å²) >= 11 is 0. The highest BCUT2D eigenvalue weighted by molar-refractivity contribution is 7.89. The lowest BCUT2D eigenvalue weighted by Crippen LogP contribution is -2.42. The van der Waals surface area contributed by atoms with Crippen molar-refractivity contribution >= 4 is 15.9 Å². The van der Waals surface area contributed by atoms with Gasteiger partial charge in [0.1, 0.15) is 0 Å². The third-order valence-electron chi connectivity index (χ3n) is 5.33. The molecule has 1 unspecified atom stereocenters. The first kappa shape index (κ1) is 20.9. The minimum absolute atomic E-state index is 0.107. The highest BCUT2D eigenvalue weighted by Crippen LogP contribution is 2.24. The van der Waals surface area contributed by atoms with Crippen molar-refractivity contribution in [3.63, 3.8) is 0 Å². The van der Waals surface area contributed by atoms with Crippen LogP contribution in [0.15, 0.2) is 23.1 Å². The van der Waals surface area contributed by atoms with Crippen molar-refractivity contribution in [3.8, 4) is 0 Å². The molecule has 1 amide bonds. The predicted molar refractivity (Wildman–Crippen MR) is 104 cm³/mol. The molecule has 0 radical (unpaired) electrons. The van der Waals surface area contributed by atoms with Gasteiger partial charge in [0.2, 0.25) is 10.0 Å². The van der Waals surface area contributed by atoms with Gasteiger partial charge in [0, 0.05) is 37.8 Å². The summed E-state index contributed by atoms with van der Waals surface area (Å²) in [6.07, 6.45) is 1.78. The fourth-order valence-electron chi connectivity index (χ4n) is 3.52. The van der Waals surface area contributed by atoms with E-state index in [0.717, 1.165) is 12.8 Å². The van der Waals surface area contributed by atoms with Gasteiger partial charge < -0.3 is 10.6 Å². The Morgan fingerprint density at radius 3 is 2.35 bits per heavy atom. The molecule has 1 heterocycles. The van der Waals surface area contributed by atoms with Gasteiger partial charge >= 0.3 is 0 Å². The van der Waals surface area contributed by atoms with Crippen molar-refractivity contribution in [1.82, 2.24) is 9.21 Å². The molecule has 146 valence electrons. The summed E-state index contributed by atoms with van der Waals surface area (Å²) in [5, 5.41) is 0. The van der Waals surface area contributed by atoms with E-state index in [1.54, 1.807) is 24.0 Å². The van der Waals surface area contributed by atoms with Crippen LogP contribution in [0.25, 0.3) is 0 Å². The van der Waals surface area contributed by atoms with Gasteiger partial charge in [0.15, 0.2) is 0 Å². The maximum atomic E-state index is 12.9. The Bertz CT molecular complexity index is 734. The largest absolute Gasteiger partial charge is 0.339 e. The molecule has 7 heteroatoms. The zero-order chi connectivity index (χ0) is 19.5. The van der Waals surface area contributed by atoms with E-state index in [4.69, 9.17) is 5.73 Å². The van der Waals surface area contributed by atoms with E-state index in [1.807, 2.05) is 20.8 Å². The van der Waals surface area contributed by atoms with Gasteiger partial charge in [-0.25, -0.2) is 8.42 Å². The smallest absolute Gasteiger partial charge is 0.253 e. The van der Waals surface area contributed by atoms with Gasteiger partial charge in [-0.05, 0) is 50.3 Å². The molecular weight excluding hydrogens is 350 g/mol. The molecule has 0 spiro atoms. The van der Waals surface area contributed by atoms with E-state index in [0.29, 0.717) is 43.2 Å². The number of amides is 1. The topological polar surface area (TPSA) is 83.7 Å². The first-order chi connectivity index (χ1) is 12.2. The standard InChI is InChI=1S/C19H31N3O3S/c1-5-22(6-2)26(24,25)18-13-17(8-7-14(18)3)19(23)21-11-9-16(10-12-21)15(4)20/h7-8,13,15-16H,5-6,9-12,20H2,1-4H3. The third kappa shape index (κ3) is 4.27. The van der Waals surface area contributed by atoms with Crippen LogP contribution in [-0.2, 0) is 10.0 Å². The number of carbonyl (C=O) groups excluding carboxylic acids is 1. The van der Waals surface area contributed by atoms with Gasteiger partial charge in [0.25, 0.3) is 5.91 Å². The van der Waals surface area contributed by atoms with Crippen molar-refractivity contribution in [1.29, 1.82) is 0 Å². The quantitative estimate of drug-likeness (QED) is 0.819. The molecule has 2 N–H and O–H groups in total. The Labute approximate surface area is 157 Å². The van der Waals surface area contributed by atoms with Crippen molar-refractivity contribution in [2.75, 3.05) is 26.2 Å². The van der Waals surface area contributed by atoms with Crippen molar-refractivity contribution in [2.45, 2.75) is 51.5 Å². The molecule has 1 saturated heterocycles. The van der Waals surface area contributed by atoms with Crippen molar-refractivity contribution in [2.24, 2.45) is 11.7 Å². The van der Waals surface area contributed by atoms with Crippen LogP contribution in [-0.4, -0.2) is 55.8 Å². The molecule has 2 rings (SSSR count). The third-order valence-corrected chi connectivity index (χ3v) is 7.52. The second-order valence-corrected chi connectivity index (χ2v) is 8.96. The van der Waals surface area contributed by atoms with Crippen LogP contribution in [0.5, 0.6) is 0 Å². The summed E-state index contributed by atoms with van der Waals surface area (Å²) in [4.78, 5) is 14.9. The fourth-order valence-corrected chi connectivity index (χ4v) is 5.23. The van der Waals surface area contributed by atoms with Crippen LogP contribution in [0.1, 0.15) is 49.5 Å². The van der Waals surface area contributed by atoms with Crippen LogP contribution in [0, 0.1) is 12.8 Å². The first-order valence-corrected chi connectivity index (χ1v) is 10.8. The highest BCUT2D eigenvalue weighted by atomic mass is 32.2. The Morgan fingerprint density at radius 2 is 1.85 bits per heavy atom. The molecule has 0 aromatic heterocycles. The Kier molecular flexibility index (Phi) is 6.82. The lowest BCUT2D eigenvalue weighted by atomic mass is 9.90. The summed E-state index contributed by atoms with van der Waals surface area (Å²) in [6.45, 7) is 9.53. The summed E-state index contributed by atoms with van der Waals surface area (Å²) in [5.74, 6) is 0.333. The van der Waals surface area contributed by atoms with Crippen molar-refractivity contribution < 1.29 is 13.2 Å². The molecule has 1 aliphatic heterocycles. The van der Waals surface area contributed by atoms with E-state index in [9.17, 15) is 13.2 Å². The number of hydrogen-bond donors (Lipinski definition) is 1. The highest BCUT2D eigenvalue weighted by Gasteiger charge is 2.28. The van der Waals surface area contributed by atoms with Gasteiger partial charge in [-0.2, -0.15) is 4.31 Å². The number of rotatable bonds is 6. The van der Waals surface area contributed by atoms with Crippen LogP contribution in [0.2, 0.25) is 0 Å². The van der Waals surface area contributed by atoms with Gasteiger partial charge in [-0.1, -0.05) is 19.9 Å². The molecule has 26 heavy (non-hydrogen) atoms. The lowest BCUT2D eigenvalue weighted by molar-refractivity contribution is 0.0680. The van der Waals surface area contributed by atoms with Gasteiger partial charge in [-0.15, -0.1) is 0 Å². The number of nitrogens with two attached hydrogens (primary N) is 1. The molecule has 1 aromatic carbocycles. The Balaban J connectivity index is 2.26. The van der Waals surface area contributed by atoms with Crippen molar-refractivity contribution in [3.05, 3.63) is 29.3 Å². The normalized spacial score (nSPS) is 17.5. The Hall–Kier alpha value is -1.44. The number of benzene rings is 1. The second-order valence-electron chi connectivity index (χ2n) is 7.06. The van der Waals surface area contributed by atoms with E-state index in [-0.39, 0.29) is 16.8 Å². The monoisotopic (exact) mass is 381 g/mol. The maximum absolute atomic E-state index is 12.9. The minimum atomic E-state index is -3.59. The summed E-state index contributed by atoms with van der Waals surface area (Å²) in [6, 6.07) is 5.11. The molecule has 1 aromatic rings. The number of sulfonamides is 1. The summed E-state index contributed by atoms with van der Waals surface area (Å²) in [7, 11) is -3.59. The van der Waals surface area contributed by atoms with Gasteiger partial charge in [0.05, 0.1) is 4.90 Å². The number of likely N-dealkylation sites (tertiary alicyclic amines) is 1. The SMILES string of the molecule is CCN(CC)S(=O)(=O)c1cc(C(=O)N2CCC(C(C)N)CC2)ccc1C. The average molecular weight is 382 g/mol. The summed E-state index contributed by atoms with van der Waals surface area (Å²) < 4.78 is 27.2. The zero-order valence-electron chi connectivity index (χ0n) is 16.2. The van der Waals surface area contributed by atoms with Crippen LogP contribution in [0.3, 0.4) is 0 Å². The van der Waals surface area contributed by atoms with Gasteiger partial charge in [-0.3, -0.25) is 4.79 Å². The fraction of sp³-hybridized carbons (Fsp3) is 0.632. The average Bonchev–Trinajstić information content (AvgIpc) is 2.62. The number of aryl methyl sites for hydroxylation is 1. The molecule has 1 aliphatic rings. The second kappa shape index (κ2) is 8.50. The number of hydrogen-bond acceptors (Lipinski definition) is 4. The predicted octanol–water partition coefficient (Wildman–Crippen LogP) is 2.22. The van der Waals surface area contributed by atoms with E-state index < -0.39 is 10.0 Å². The zero-order valence-corrected chi connectivity index (χ0v) is 17.1. The molecule has 6 nitrogen and oxygen atoms in total. The van der Waals surface area contributed by atoms with Crippen LogP contribution < -0.4 is 5.73 Å². The molecular formula is C19H31N3O3S. The number of piperidine rings is 1. The maximum Gasteiger partial charge on any atom is 0.253 e. The molecule has 1 atom stereocenters. The summed E-state index contributed by atoms with van der Waals surface area (Å²) in [5.41, 5.74) is 7.05. The molecule has 0 aliphatic carbocycles. The first-order valence-electron chi connectivity index (χ1n) is 9.38. The minimum Gasteiger partial charge on any atom is -0.339 e. The van der Waals surface area contributed by atoms with Crippen LogP contribution in [0.4, 0.5) is 0 Å².